The van der Waals surface area contributed by atoms with E-state index in [-0.39, 0.29) is 24.7 Å². The summed E-state index contributed by atoms with van der Waals surface area (Å²) in [7, 11) is 0. The van der Waals surface area contributed by atoms with E-state index in [0.29, 0.717) is 36.3 Å². The zero-order valence-corrected chi connectivity index (χ0v) is 10.8. The average Bonchev–Trinajstić information content (AvgIpc) is 2.32. The molecule has 1 aromatic rings. The molecule has 1 aromatic carbocycles. The Bertz CT molecular complexity index is 400. The molecule has 5 heteroatoms. The number of benzene rings is 1. The molecule has 0 bridgehead atoms. The molecule has 4 N–H and O–H groups in total. The van der Waals surface area contributed by atoms with Crippen LogP contribution in [0.1, 0.15) is 16.7 Å². The van der Waals surface area contributed by atoms with Crippen molar-refractivity contribution >= 4 is 0 Å². The van der Waals surface area contributed by atoms with Crippen LogP contribution in [0, 0.1) is 13.8 Å². The number of phenolic OH excluding ortho intramolecular Hbond substituents is 2. The van der Waals surface area contributed by atoms with Crippen molar-refractivity contribution in [2.24, 2.45) is 0 Å². The Balaban J connectivity index is 2.98. The summed E-state index contributed by atoms with van der Waals surface area (Å²) in [4.78, 5) is 1.82. The molecule has 0 fully saturated rings. The van der Waals surface area contributed by atoms with Crippen LogP contribution in [-0.2, 0) is 6.54 Å². The maximum atomic E-state index is 9.92. The SMILES string of the molecule is Cc1cc(O)c(CN(CCO)CCO)c(C)c1O. The lowest BCUT2D eigenvalue weighted by Crippen LogP contribution is -2.29. The molecule has 0 aromatic heterocycles. The van der Waals surface area contributed by atoms with E-state index in [9.17, 15) is 10.2 Å². The number of aliphatic hydroxyl groups excluding tert-OH is 2. The van der Waals surface area contributed by atoms with Gasteiger partial charge >= 0.3 is 0 Å². The first-order valence-electron chi connectivity index (χ1n) is 5.96. The zero-order chi connectivity index (χ0) is 13.7. The van der Waals surface area contributed by atoms with Gasteiger partial charge in [-0.2, -0.15) is 0 Å². The number of aliphatic hydroxyl groups is 2. The average molecular weight is 255 g/mol. The Morgan fingerprint density at radius 1 is 1.06 bits per heavy atom. The highest BCUT2D eigenvalue weighted by Crippen LogP contribution is 2.32. The molecule has 0 heterocycles. The molecule has 0 atom stereocenters. The molecular weight excluding hydrogens is 234 g/mol. The predicted octanol–water partition coefficient (Wildman–Crippen LogP) is 0.501. The van der Waals surface area contributed by atoms with Crippen molar-refractivity contribution in [3.05, 3.63) is 22.8 Å². The largest absolute Gasteiger partial charge is 0.508 e. The third-order valence-corrected chi connectivity index (χ3v) is 3.06. The van der Waals surface area contributed by atoms with Crippen LogP contribution in [0.4, 0.5) is 0 Å². The highest BCUT2D eigenvalue weighted by Gasteiger charge is 2.15. The van der Waals surface area contributed by atoms with Crippen molar-refractivity contribution in [1.29, 1.82) is 0 Å². The molecule has 5 nitrogen and oxygen atoms in total. The fraction of sp³-hybridized carbons (Fsp3) is 0.538. The van der Waals surface area contributed by atoms with Gasteiger partial charge in [-0.1, -0.05) is 0 Å². The Hall–Kier alpha value is -1.30. The molecule has 0 aliphatic heterocycles. The van der Waals surface area contributed by atoms with Gasteiger partial charge in [0.05, 0.1) is 13.2 Å². The Morgan fingerprint density at radius 2 is 1.61 bits per heavy atom. The molecule has 0 aliphatic rings. The topological polar surface area (TPSA) is 84.2 Å². The molecule has 102 valence electrons. The van der Waals surface area contributed by atoms with E-state index in [1.807, 2.05) is 4.90 Å². The fourth-order valence-electron chi connectivity index (χ4n) is 1.97. The molecule has 0 saturated carbocycles. The first kappa shape index (κ1) is 14.8. The van der Waals surface area contributed by atoms with E-state index in [2.05, 4.69) is 0 Å². The molecule has 0 saturated heterocycles. The third-order valence-electron chi connectivity index (χ3n) is 3.06. The number of nitrogens with zero attached hydrogens (tertiary/aromatic N) is 1. The van der Waals surface area contributed by atoms with Gasteiger partial charge in [-0.15, -0.1) is 0 Å². The normalized spacial score (nSPS) is 11.2. The number of hydrogen-bond acceptors (Lipinski definition) is 5. The quantitative estimate of drug-likeness (QED) is 0.556. The molecule has 18 heavy (non-hydrogen) atoms. The van der Waals surface area contributed by atoms with E-state index >= 15 is 0 Å². The van der Waals surface area contributed by atoms with Gasteiger partial charge in [0.25, 0.3) is 0 Å². The Morgan fingerprint density at radius 3 is 2.11 bits per heavy atom. The van der Waals surface area contributed by atoms with Crippen molar-refractivity contribution in [2.45, 2.75) is 20.4 Å². The minimum absolute atomic E-state index is 0.0162. The molecule has 0 aliphatic carbocycles. The summed E-state index contributed by atoms with van der Waals surface area (Å²) in [5.41, 5.74) is 1.89. The lowest BCUT2D eigenvalue weighted by atomic mass is 10.0. The smallest absolute Gasteiger partial charge is 0.121 e. The van der Waals surface area contributed by atoms with Crippen LogP contribution in [0.5, 0.6) is 11.5 Å². The van der Waals surface area contributed by atoms with Crippen LogP contribution in [0.3, 0.4) is 0 Å². The Labute approximate surface area is 107 Å². The Kier molecular flexibility index (Phi) is 5.40. The molecule has 0 amide bonds. The monoisotopic (exact) mass is 255 g/mol. The molecule has 0 unspecified atom stereocenters. The van der Waals surface area contributed by atoms with Gasteiger partial charge in [0.1, 0.15) is 11.5 Å². The highest BCUT2D eigenvalue weighted by molar-refractivity contribution is 5.51. The van der Waals surface area contributed by atoms with Crippen molar-refractivity contribution in [3.8, 4) is 11.5 Å². The lowest BCUT2D eigenvalue weighted by Gasteiger charge is -2.22. The first-order chi connectivity index (χ1) is 8.51. The number of hydrogen-bond donors (Lipinski definition) is 4. The summed E-state index contributed by atoms with van der Waals surface area (Å²) in [6.07, 6.45) is 0. The minimum Gasteiger partial charge on any atom is -0.508 e. The summed E-state index contributed by atoms with van der Waals surface area (Å²) in [6, 6.07) is 1.52. The third kappa shape index (κ3) is 3.35. The van der Waals surface area contributed by atoms with Crippen molar-refractivity contribution in [1.82, 2.24) is 4.90 Å². The van der Waals surface area contributed by atoms with Gasteiger partial charge in [-0.3, -0.25) is 4.90 Å². The van der Waals surface area contributed by atoms with Crippen LogP contribution in [0.2, 0.25) is 0 Å². The summed E-state index contributed by atoms with van der Waals surface area (Å²) >= 11 is 0. The van der Waals surface area contributed by atoms with Gasteiger partial charge in [-0.25, -0.2) is 0 Å². The first-order valence-corrected chi connectivity index (χ1v) is 5.96. The second-order valence-corrected chi connectivity index (χ2v) is 4.39. The summed E-state index contributed by atoms with van der Waals surface area (Å²) in [5, 5.41) is 37.7. The number of rotatable bonds is 6. The summed E-state index contributed by atoms with van der Waals surface area (Å²) < 4.78 is 0. The second-order valence-electron chi connectivity index (χ2n) is 4.39. The minimum atomic E-state index is -0.0162. The second kappa shape index (κ2) is 6.58. The van der Waals surface area contributed by atoms with E-state index in [0.717, 1.165) is 0 Å². The lowest BCUT2D eigenvalue weighted by molar-refractivity contribution is 0.154. The van der Waals surface area contributed by atoms with Crippen LogP contribution in [0.15, 0.2) is 6.07 Å². The number of aryl methyl sites for hydroxylation is 1. The maximum Gasteiger partial charge on any atom is 0.121 e. The van der Waals surface area contributed by atoms with Gasteiger partial charge in [0.2, 0.25) is 0 Å². The maximum absolute atomic E-state index is 9.92. The van der Waals surface area contributed by atoms with Crippen LogP contribution < -0.4 is 0 Å². The van der Waals surface area contributed by atoms with Gasteiger partial charge < -0.3 is 20.4 Å². The van der Waals surface area contributed by atoms with E-state index in [1.54, 1.807) is 13.8 Å². The van der Waals surface area contributed by atoms with Gasteiger partial charge in [0.15, 0.2) is 0 Å². The van der Waals surface area contributed by atoms with Gasteiger partial charge in [-0.05, 0) is 31.0 Å². The van der Waals surface area contributed by atoms with Gasteiger partial charge in [0, 0.05) is 25.2 Å². The van der Waals surface area contributed by atoms with Crippen LogP contribution in [0.25, 0.3) is 0 Å². The predicted molar refractivity (Wildman–Crippen MR) is 68.7 cm³/mol. The standard InChI is InChI=1S/C13H21NO4/c1-9-7-12(17)11(10(2)13(9)18)8-14(3-5-15)4-6-16/h7,15-18H,3-6,8H2,1-2H3. The molecule has 1 rings (SSSR count). The van der Waals surface area contributed by atoms with E-state index in [1.165, 1.54) is 6.07 Å². The number of phenols is 2. The summed E-state index contributed by atoms with van der Waals surface area (Å²) in [6.45, 7) is 4.64. The van der Waals surface area contributed by atoms with E-state index < -0.39 is 0 Å². The zero-order valence-electron chi connectivity index (χ0n) is 10.8. The molecule has 0 spiro atoms. The fourth-order valence-corrected chi connectivity index (χ4v) is 1.97. The molecule has 0 radical (unpaired) electrons. The highest BCUT2D eigenvalue weighted by atomic mass is 16.3. The van der Waals surface area contributed by atoms with Crippen LogP contribution >= 0.6 is 0 Å². The number of aromatic hydroxyl groups is 2. The summed E-state index contributed by atoms with van der Waals surface area (Å²) in [5.74, 6) is 0.305. The van der Waals surface area contributed by atoms with Crippen LogP contribution in [-0.4, -0.2) is 51.6 Å². The van der Waals surface area contributed by atoms with Crippen molar-refractivity contribution in [3.63, 3.8) is 0 Å². The van der Waals surface area contributed by atoms with Crippen molar-refractivity contribution < 1.29 is 20.4 Å². The van der Waals surface area contributed by atoms with Crippen molar-refractivity contribution in [2.75, 3.05) is 26.3 Å². The van der Waals surface area contributed by atoms with E-state index in [4.69, 9.17) is 10.2 Å². The molecular formula is C13H21NO4.